The molecule has 5 atom stereocenters. The number of benzene rings is 1. The van der Waals surface area contributed by atoms with Crippen LogP contribution in [0.25, 0.3) is 0 Å². The average molecular weight is 509 g/mol. The van der Waals surface area contributed by atoms with Gasteiger partial charge >= 0.3 is 5.97 Å². The number of piperazine rings is 1. The first kappa shape index (κ1) is 27.7. The molecular weight excluding hydrogens is 460 g/mol. The van der Waals surface area contributed by atoms with Crippen molar-refractivity contribution in [1.82, 2.24) is 4.90 Å². The van der Waals surface area contributed by atoms with Gasteiger partial charge in [-0.3, -0.25) is 9.59 Å². The van der Waals surface area contributed by atoms with Crippen LogP contribution in [0.3, 0.4) is 0 Å². The number of allylic oxidation sites excluding steroid dienone is 1. The summed E-state index contributed by atoms with van der Waals surface area (Å²) in [5.41, 5.74) is 2.47. The summed E-state index contributed by atoms with van der Waals surface area (Å²) in [4.78, 5) is 29.9. The van der Waals surface area contributed by atoms with Crippen molar-refractivity contribution in [3.63, 3.8) is 0 Å². The Morgan fingerprint density at radius 2 is 1.78 bits per heavy atom. The van der Waals surface area contributed by atoms with Crippen molar-refractivity contribution < 1.29 is 14.3 Å². The predicted molar refractivity (Wildman–Crippen MR) is 150 cm³/mol. The van der Waals surface area contributed by atoms with Crippen LogP contribution in [-0.4, -0.2) is 49.6 Å². The summed E-state index contributed by atoms with van der Waals surface area (Å²) in [7, 11) is 0. The zero-order valence-electron chi connectivity index (χ0n) is 23.6. The fourth-order valence-electron chi connectivity index (χ4n) is 7.91. The molecule has 4 rings (SSSR count). The van der Waals surface area contributed by atoms with E-state index in [1.54, 1.807) is 0 Å². The molecule has 0 aromatic heterocycles. The van der Waals surface area contributed by atoms with Crippen LogP contribution in [0.5, 0.6) is 0 Å². The van der Waals surface area contributed by atoms with Crippen LogP contribution in [0.15, 0.2) is 42.5 Å². The molecule has 1 amide bonds. The molecule has 37 heavy (non-hydrogen) atoms. The smallest absolute Gasteiger partial charge is 0.302 e. The summed E-state index contributed by atoms with van der Waals surface area (Å²) >= 11 is 0. The lowest BCUT2D eigenvalue weighted by Crippen LogP contribution is -2.59. The number of carbonyl (C=O) groups is 2. The summed E-state index contributed by atoms with van der Waals surface area (Å²) < 4.78 is 5.17. The Hall–Kier alpha value is -2.30. The van der Waals surface area contributed by atoms with Gasteiger partial charge in [-0.25, -0.2) is 0 Å². The molecule has 1 aliphatic heterocycles. The molecule has 5 heteroatoms. The Kier molecular flexibility index (Phi) is 8.70. The zero-order chi connectivity index (χ0) is 26.6. The minimum Gasteiger partial charge on any atom is -0.466 e. The maximum absolute atomic E-state index is 14.2. The standard InChI is InChI=1S/C32H48N2O3/c1-24(16-23-37-26(3)35)12-14-28-25(2)13-15-29-31(28,4)17-9-18-32(29,5)30(36)34-21-19-33(20-22-34)27-10-7-6-8-11-27/h6-8,10-11,24,28-29H,2,9,12-23H2,1,3-5H3/t24-,28-,29+,31+,32-/m0/s1. The number of rotatable bonds is 8. The molecule has 1 heterocycles. The van der Waals surface area contributed by atoms with Gasteiger partial charge < -0.3 is 14.5 Å². The minimum atomic E-state index is -0.290. The van der Waals surface area contributed by atoms with Crippen LogP contribution in [0.1, 0.15) is 79.1 Å². The second-order valence-electron chi connectivity index (χ2n) is 12.5. The number of amides is 1. The van der Waals surface area contributed by atoms with Crippen molar-refractivity contribution in [2.75, 3.05) is 37.7 Å². The average Bonchev–Trinajstić information content (AvgIpc) is 2.88. The summed E-state index contributed by atoms with van der Waals surface area (Å²) in [6, 6.07) is 10.6. The maximum Gasteiger partial charge on any atom is 0.302 e. The maximum atomic E-state index is 14.2. The SMILES string of the molecule is C=C1CC[C@@H]2[C@](C)(CCC[C@]2(C)C(=O)N2CCN(c3ccccc3)CC2)[C@H]1CC[C@H](C)CCOC(C)=O. The second-order valence-corrected chi connectivity index (χ2v) is 12.5. The van der Waals surface area contributed by atoms with E-state index >= 15 is 0 Å². The number of ether oxygens (including phenoxy) is 1. The molecule has 5 nitrogen and oxygen atoms in total. The van der Waals surface area contributed by atoms with E-state index in [1.807, 2.05) is 0 Å². The highest BCUT2D eigenvalue weighted by Gasteiger charge is 2.57. The molecule has 2 aliphatic carbocycles. The van der Waals surface area contributed by atoms with Gasteiger partial charge in [0, 0.05) is 44.2 Å². The summed E-state index contributed by atoms with van der Waals surface area (Å²) in [6.07, 6.45) is 8.57. The molecule has 3 aliphatic rings. The second kappa shape index (κ2) is 11.6. The van der Waals surface area contributed by atoms with Gasteiger partial charge in [0.25, 0.3) is 0 Å². The van der Waals surface area contributed by atoms with E-state index in [2.05, 4.69) is 67.5 Å². The quantitative estimate of drug-likeness (QED) is 0.298. The number of para-hydroxylation sites is 1. The van der Waals surface area contributed by atoms with Gasteiger partial charge in [-0.2, -0.15) is 0 Å². The first-order chi connectivity index (χ1) is 17.6. The number of hydrogen-bond donors (Lipinski definition) is 0. The van der Waals surface area contributed by atoms with E-state index in [9.17, 15) is 9.59 Å². The molecular formula is C32H48N2O3. The molecule has 204 valence electrons. The third kappa shape index (κ3) is 5.91. The van der Waals surface area contributed by atoms with E-state index in [0.717, 1.165) is 71.1 Å². The van der Waals surface area contributed by atoms with E-state index in [1.165, 1.54) is 24.6 Å². The summed E-state index contributed by atoms with van der Waals surface area (Å²) in [5.74, 6) is 1.56. The van der Waals surface area contributed by atoms with Gasteiger partial charge in [-0.15, -0.1) is 0 Å². The molecule has 2 saturated carbocycles. The molecule has 0 bridgehead atoms. The molecule has 1 aromatic carbocycles. The highest BCUT2D eigenvalue weighted by molar-refractivity contribution is 5.83. The molecule has 1 saturated heterocycles. The van der Waals surface area contributed by atoms with Crippen LogP contribution in [0.2, 0.25) is 0 Å². The van der Waals surface area contributed by atoms with E-state index in [0.29, 0.717) is 30.3 Å². The van der Waals surface area contributed by atoms with Crippen molar-refractivity contribution in [3.05, 3.63) is 42.5 Å². The molecule has 3 fully saturated rings. The minimum absolute atomic E-state index is 0.124. The van der Waals surface area contributed by atoms with E-state index in [4.69, 9.17) is 4.74 Å². The fourth-order valence-corrected chi connectivity index (χ4v) is 7.91. The third-order valence-corrected chi connectivity index (χ3v) is 10.1. The van der Waals surface area contributed by atoms with Crippen molar-refractivity contribution >= 4 is 17.6 Å². The lowest BCUT2D eigenvalue weighted by molar-refractivity contribution is -0.157. The largest absolute Gasteiger partial charge is 0.466 e. The van der Waals surface area contributed by atoms with Crippen LogP contribution < -0.4 is 4.90 Å². The molecule has 1 aromatic rings. The lowest BCUT2D eigenvalue weighted by atomic mass is 9.46. The van der Waals surface area contributed by atoms with Gasteiger partial charge in [0.2, 0.25) is 5.91 Å². The monoisotopic (exact) mass is 508 g/mol. The highest BCUT2D eigenvalue weighted by atomic mass is 16.5. The molecule has 0 unspecified atom stereocenters. The Balaban J connectivity index is 1.41. The Morgan fingerprint density at radius 1 is 1.08 bits per heavy atom. The van der Waals surface area contributed by atoms with Crippen LogP contribution >= 0.6 is 0 Å². The van der Waals surface area contributed by atoms with Crippen molar-refractivity contribution in [3.8, 4) is 0 Å². The molecule has 0 radical (unpaired) electrons. The normalized spacial score (nSPS) is 31.0. The van der Waals surface area contributed by atoms with Gasteiger partial charge in [-0.05, 0) is 80.2 Å². The molecule has 0 spiro atoms. The van der Waals surface area contributed by atoms with Crippen LogP contribution in [0, 0.1) is 28.6 Å². The lowest BCUT2D eigenvalue weighted by Gasteiger charge is -2.59. The van der Waals surface area contributed by atoms with Gasteiger partial charge in [0.05, 0.1) is 6.61 Å². The fraction of sp³-hybridized carbons (Fsp3) is 0.688. The number of anilines is 1. The first-order valence-corrected chi connectivity index (χ1v) is 14.6. The van der Waals surface area contributed by atoms with Crippen molar-refractivity contribution in [1.29, 1.82) is 0 Å². The summed E-state index contributed by atoms with van der Waals surface area (Å²) in [6.45, 7) is 17.0. The Labute approximate surface area is 224 Å². The third-order valence-electron chi connectivity index (χ3n) is 10.1. The highest BCUT2D eigenvalue weighted by Crippen LogP contribution is 2.62. The van der Waals surface area contributed by atoms with Crippen molar-refractivity contribution in [2.24, 2.45) is 28.6 Å². The number of hydrogen-bond acceptors (Lipinski definition) is 4. The number of nitrogens with zero attached hydrogens (tertiary/aromatic N) is 2. The van der Waals surface area contributed by atoms with Crippen LogP contribution in [-0.2, 0) is 14.3 Å². The summed E-state index contributed by atoms with van der Waals surface area (Å²) in [5, 5.41) is 0. The zero-order valence-corrected chi connectivity index (χ0v) is 23.6. The van der Waals surface area contributed by atoms with Crippen LogP contribution in [0.4, 0.5) is 5.69 Å². The topological polar surface area (TPSA) is 49.9 Å². The van der Waals surface area contributed by atoms with Gasteiger partial charge in [0.1, 0.15) is 0 Å². The Morgan fingerprint density at radius 3 is 2.46 bits per heavy atom. The first-order valence-electron chi connectivity index (χ1n) is 14.6. The van der Waals surface area contributed by atoms with E-state index < -0.39 is 0 Å². The number of carbonyl (C=O) groups excluding carboxylic acids is 2. The van der Waals surface area contributed by atoms with Gasteiger partial charge in [0.15, 0.2) is 0 Å². The van der Waals surface area contributed by atoms with Gasteiger partial charge in [-0.1, -0.05) is 57.5 Å². The Bertz CT molecular complexity index is 954. The number of esters is 1. The molecule has 0 N–H and O–H groups in total. The predicted octanol–water partition coefficient (Wildman–Crippen LogP) is 6.48. The van der Waals surface area contributed by atoms with Crippen molar-refractivity contribution in [2.45, 2.75) is 79.1 Å². The number of fused-ring (bicyclic) bond motifs is 1. The van der Waals surface area contributed by atoms with E-state index in [-0.39, 0.29) is 16.8 Å².